The Morgan fingerprint density at radius 1 is 1.24 bits per heavy atom. The van der Waals surface area contributed by atoms with Crippen molar-refractivity contribution in [2.45, 2.75) is 51.7 Å². The van der Waals surface area contributed by atoms with Gasteiger partial charge in [0, 0.05) is 6.04 Å². The van der Waals surface area contributed by atoms with Crippen LogP contribution in [0.5, 0.6) is 0 Å². The van der Waals surface area contributed by atoms with Crippen LogP contribution in [0.3, 0.4) is 0 Å². The summed E-state index contributed by atoms with van der Waals surface area (Å²) in [4.78, 5) is 27.2. The van der Waals surface area contributed by atoms with Gasteiger partial charge in [0.15, 0.2) is 0 Å². The summed E-state index contributed by atoms with van der Waals surface area (Å²) in [5, 5.41) is 2.89. The maximum atomic E-state index is 12.9. The van der Waals surface area contributed by atoms with Crippen LogP contribution in [0.4, 0.5) is 0 Å². The van der Waals surface area contributed by atoms with Crippen molar-refractivity contribution >= 4 is 11.8 Å². The van der Waals surface area contributed by atoms with Crippen molar-refractivity contribution in [3.05, 3.63) is 35.9 Å². The first-order valence-corrected chi connectivity index (χ1v) is 7.63. The van der Waals surface area contributed by atoms with E-state index in [-0.39, 0.29) is 29.3 Å². The van der Waals surface area contributed by atoms with Gasteiger partial charge in [0.2, 0.25) is 5.91 Å². The summed E-state index contributed by atoms with van der Waals surface area (Å²) in [5.41, 5.74) is 0.982. The van der Waals surface area contributed by atoms with Gasteiger partial charge in [-0.05, 0) is 23.8 Å². The van der Waals surface area contributed by atoms with Crippen LogP contribution in [-0.2, 0) is 9.59 Å². The smallest absolute Gasteiger partial charge is 0.250 e. The number of nitrogens with one attached hydrogen (secondary N) is 1. The van der Waals surface area contributed by atoms with Gasteiger partial charge in [-0.3, -0.25) is 9.59 Å². The maximum Gasteiger partial charge on any atom is 0.250 e. The van der Waals surface area contributed by atoms with E-state index in [1.54, 1.807) is 0 Å². The summed E-state index contributed by atoms with van der Waals surface area (Å²) in [6.45, 7) is 6.27. The number of amides is 2. The highest BCUT2D eigenvalue weighted by Crippen LogP contribution is 2.50. The highest BCUT2D eigenvalue weighted by Gasteiger charge is 2.56. The predicted octanol–water partition coefficient (Wildman–Crippen LogP) is 2.26. The summed E-state index contributed by atoms with van der Waals surface area (Å²) in [6.07, 6.45) is 1.63. The highest BCUT2D eigenvalue weighted by atomic mass is 16.2. The van der Waals surface area contributed by atoms with Crippen molar-refractivity contribution in [1.82, 2.24) is 10.2 Å². The van der Waals surface area contributed by atoms with Gasteiger partial charge in [0.1, 0.15) is 12.1 Å². The van der Waals surface area contributed by atoms with Crippen LogP contribution in [0.25, 0.3) is 0 Å². The topological polar surface area (TPSA) is 49.4 Å². The van der Waals surface area contributed by atoms with Crippen molar-refractivity contribution < 1.29 is 9.59 Å². The molecule has 1 aromatic carbocycles. The number of nitrogens with zero attached hydrogens (tertiary/aromatic N) is 1. The molecule has 1 aliphatic carbocycles. The molecular weight excluding hydrogens is 264 g/mol. The van der Waals surface area contributed by atoms with Gasteiger partial charge < -0.3 is 10.2 Å². The molecule has 1 aliphatic heterocycles. The molecule has 2 aliphatic rings. The molecule has 1 aromatic rings. The molecule has 112 valence electrons. The van der Waals surface area contributed by atoms with Gasteiger partial charge in [0.25, 0.3) is 5.91 Å². The van der Waals surface area contributed by atoms with Crippen LogP contribution < -0.4 is 5.32 Å². The van der Waals surface area contributed by atoms with E-state index in [1.807, 2.05) is 42.2 Å². The molecule has 0 radical (unpaired) electrons. The number of hydrogen-bond acceptors (Lipinski definition) is 2. The number of benzene rings is 1. The molecule has 2 amide bonds. The number of piperazine rings is 1. The molecule has 3 rings (SSSR count). The van der Waals surface area contributed by atoms with Crippen molar-refractivity contribution in [2.75, 3.05) is 0 Å². The number of hydrogen-bond donors (Lipinski definition) is 1. The first kappa shape index (κ1) is 14.1. The molecule has 0 aromatic heterocycles. The van der Waals surface area contributed by atoms with Crippen molar-refractivity contribution in [2.24, 2.45) is 5.41 Å². The number of rotatable bonds is 3. The van der Waals surface area contributed by atoms with Crippen LogP contribution in [0, 0.1) is 5.41 Å². The monoisotopic (exact) mass is 286 g/mol. The lowest BCUT2D eigenvalue weighted by Gasteiger charge is -2.40. The molecule has 1 N–H and O–H groups in total. The third-order valence-electron chi connectivity index (χ3n) is 4.74. The Morgan fingerprint density at radius 2 is 1.86 bits per heavy atom. The fourth-order valence-corrected chi connectivity index (χ4v) is 3.27. The van der Waals surface area contributed by atoms with Crippen LogP contribution >= 0.6 is 0 Å². The zero-order valence-corrected chi connectivity index (χ0v) is 12.8. The second kappa shape index (κ2) is 4.86. The molecule has 2 fully saturated rings. The summed E-state index contributed by atoms with van der Waals surface area (Å²) in [7, 11) is 0. The molecule has 1 saturated carbocycles. The summed E-state index contributed by atoms with van der Waals surface area (Å²) in [5.74, 6) is -0.00289. The van der Waals surface area contributed by atoms with E-state index in [0.717, 1.165) is 12.0 Å². The number of carbonyl (C=O) groups excluding carboxylic acids is 2. The largest absolute Gasteiger partial charge is 0.339 e. The Labute approximate surface area is 125 Å². The van der Waals surface area contributed by atoms with E-state index < -0.39 is 6.04 Å². The standard InChI is InChI=1S/C17H22N2O2/c1-4-12-15(20)18-14(11-8-6-5-7-9-11)16(21)19(12)13-10-17(13,2)3/h5-9,12-14H,4,10H2,1-3H3,(H,18,20). The SMILES string of the molecule is CCC1C(=O)NC(c2ccccc2)C(=O)N1C1CC1(C)C. The molecule has 1 heterocycles. The van der Waals surface area contributed by atoms with Crippen LogP contribution in [-0.4, -0.2) is 28.8 Å². The second-order valence-electron chi connectivity index (χ2n) is 6.73. The van der Waals surface area contributed by atoms with Crippen molar-refractivity contribution in [3.8, 4) is 0 Å². The van der Waals surface area contributed by atoms with E-state index >= 15 is 0 Å². The molecule has 4 heteroatoms. The van der Waals surface area contributed by atoms with E-state index in [0.29, 0.717) is 6.42 Å². The lowest BCUT2D eigenvalue weighted by Crippen LogP contribution is -2.60. The average Bonchev–Trinajstić information content (AvgIpc) is 3.09. The lowest BCUT2D eigenvalue weighted by molar-refractivity contribution is -0.151. The zero-order chi connectivity index (χ0) is 15.2. The van der Waals surface area contributed by atoms with E-state index in [9.17, 15) is 9.59 Å². The first-order valence-electron chi connectivity index (χ1n) is 7.63. The highest BCUT2D eigenvalue weighted by molar-refractivity contribution is 5.98. The third-order valence-corrected chi connectivity index (χ3v) is 4.74. The Kier molecular flexibility index (Phi) is 3.27. The molecule has 0 spiro atoms. The van der Waals surface area contributed by atoms with Gasteiger partial charge in [-0.2, -0.15) is 0 Å². The van der Waals surface area contributed by atoms with Gasteiger partial charge in [-0.25, -0.2) is 0 Å². The lowest BCUT2D eigenvalue weighted by atomic mass is 9.98. The molecule has 3 unspecified atom stereocenters. The fourth-order valence-electron chi connectivity index (χ4n) is 3.27. The van der Waals surface area contributed by atoms with Crippen LogP contribution in [0.1, 0.15) is 45.2 Å². The molecule has 0 bridgehead atoms. The van der Waals surface area contributed by atoms with Crippen LogP contribution in [0.15, 0.2) is 30.3 Å². The van der Waals surface area contributed by atoms with Gasteiger partial charge in [-0.15, -0.1) is 0 Å². The van der Waals surface area contributed by atoms with E-state index in [2.05, 4.69) is 19.2 Å². The minimum atomic E-state index is -0.544. The Balaban J connectivity index is 1.93. The van der Waals surface area contributed by atoms with Gasteiger partial charge >= 0.3 is 0 Å². The van der Waals surface area contributed by atoms with Gasteiger partial charge in [0.05, 0.1) is 0 Å². The fraction of sp³-hybridized carbons (Fsp3) is 0.529. The molecule has 21 heavy (non-hydrogen) atoms. The number of carbonyl (C=O) groups is 2. The predicted molar refractivity (Wildman–Crippen MR) is 80.4 cm³/mol. The minimum absolute atomic E-state index is 0.0308. The normalized spacial score (nSPS) is 31.0. The average molecular weight is 286 g/mol. The molecule has 1 saturated heterocycles. The van der Waals surface area contributed by atoms with Crippen LogP contribution in [0.2, 0.25) is 0 Å². The molecule has 3 atom stereocenters. The van der Waals surface area contributed by atoms with Crippen molar-refractivity contribution in [1.29, 1.82) is 0 Å². The second-order valence-corrected chi connectivity index (χ2v) is 6.73. The maximum absolute atomic E-state index is 12.9. The zero-order valence-electron chi connectivity index (χ0n) is 12.8. The van der Waals surface area contributed by atoms with Gasteiger partial charge in [-0.1, -0.05) is 51.1 Å². The quantitative estimate of drug-likeness (QED) is 0.926. The third kappa shape index (κ3) is 2.33. The van der Waals surface area contributed by atoms with Crippen molar-refractivity contribution in [3.63, 3.8) is 0 Å². The summed E-state index contributed by atoms with van der Waals surface area (Å²) < 4.78 is 0. The minimum Gasteiger partial charge on any atom is -0.339 e. The molecular formula is C17H22N2O2. The first-order chi connectivity index (χ1) is 9.95. The summed E-state index contributed by atoms with van der Waals surface area (Å²) in [6, 6.07) is 8.80. The van der Waals surface area contributed by atoms with E-state index in [4.69, 9.17) is 0 Å². The Morgan fingerprint density at radius 3 is 2.38 bits per heavy atom. The Bertz CT molecular complexity index is 567. The molecule has 4 nitrogen and oxygen atoms in total. The van der Waals surface area contributed by atoms with E-state index in [1.165, 1.54) is 0 Å². The summed E-state index contributed by atoms with van der Waals surface area (Å²) >= 11 is 0. The Hall–Kier alpha value is -1.84.